The molecule has 224 valence electrons. The van der Waals surface area contributed by atoms with Gasteiger partial charge in [-0.2, -0.15) is 4.98 Å². The maximum absolute atomic E-state index is 12.0. The number of carboxylic acids is 1. The lowest BCUT2D eigenvalue weighted by molar-refractivity contribution is -0.133. The Morgan fingerprint density at radius 2 is 1.98 bits per heavy atom. The number of hydrogen-bond acceptors (Lipinski definition) is 9. The zero-order valence-corrected chi connectivity index (χ0v) is 24.6. The number of anilines is 3. The number of benzene rings is 2. The van der Waals surface area contributed by atoms with Gasteiger partial charge in [0.25, 0.3) is 0 Å². The van der Waals surface area contributed by atoms with Gasteiger partial charge in [-0.15, -0.1) is 12.4 Å². The van der Waals surface area contributed by atoms with Crippen LogP contribution >= 0.6 is 12.4 Å². The molecule has 2 aliphatic rings. The molecule has 1 saturated heterocycles. The van der Waals surface area contributed by atoms with Crippen molar-refractivity contribution in [1.29, 1.82) is 0 Å². The van der Waals surface area contributed by atoms with E-state index in [1.807, 2.05) is 30.3 Å². The molecule has 12 heteroatoms. The molecule has 1 fully saturated rings. The largest absolute Gasteiger partial charge is 0.493 e. The average Bonchev–Trinajstić information content (AvgIpc) is 2.97. The number of ether oxygens (including phenoxy) is 2. The van der Waals surface area contributed by atoms with Crippen molar-refractivity contribution in [2.75, 3.05) is 37.5 Å². The van der Waals surface area contributed by atoms with Gasteiger partial charge in [0.15, 0.2) is 11.5 Å². The summed E-state index contributed by atoms with van der Waals surface area (Å²) in [5.74, 6) is 6.64. The Morgan fingerprint density at radius 3 is 2.67 bits per heavy atom. The summed E-state index contributed by atoms with van der Waals surface area (Å²) in [5.41, 5.74) is 16.6. The van der Waals surface area contributed by atoms with Crippen LogP contribution in [0.25, 0.3) is 0 Å². The van der Waals surface area contributed by atoms with E-state index >= 15 is 0 Å². The highest BCUT2D eigenvalue weighted by Gasteiger charge is 2.32. The third-order valence-electron chi connectivity index (χ3n) is 7.54. The second-order valence-corrected chi connectivity index (χ2v) is 10.3. The standard InChI is InChI=1S/C31H32N6O5.ClH/c1-41-26-13-19(10-21-15-36-31(33)37-29(21)32)9-20(28(26)42-2)5-3-17-4-6-22-23(11-18-7-8-34-27(38)14-18)24(30(39)40)16-35-25(22)12-17;/h4,6,9,12-13,15-16,18,23,35H,7-8,10-11,14H2,1-2H3,(H,34,38)(H,39,40)(H4,32,33,36,37);1H. The molecule has 43 heavy (non-hydrogen) atoms. The zero-order chi connectivity index (χ0) is 29.8. The van der Waals surface area contributed by atoms with Crippen LogP contribution in [-0.4, -0.2) is 47.7 Å². The molecule has 7 N–H and O–H groups in total. The number of carbonyl (C=O) groups is 2. The van der Waals surface area contributed by atoms with E-state index in [-0.39, 0.29) is 41.7 Å². The van der Waals surface area contributed by atoms with E-state index in [2.05, 4.69) is 32.4 Å². The topological polar surface area (TPSA) is 175 Å². The van der Waals surface area contributed by atoms with Crippen molar-refractivity contribution in [1.82, 2.24) is 15.3 Å². The molecule has 0 aliphatic carbocycles. The highest BCUT2D eigenvalue weighted by atomic mass is 35.5. The van der Waals surface area contributed by atoms with Crippen LogP contribution in [-0.2, 0) is 16.0 Å². The second-order valence-electron chi connectivity index (χ2n) is 10.3. The number of carboxylic acid groups (broad SMARTS) is 1. The number of halogens is 1. The van der Waals surface area contributed by atoms with Gasteiger partial charge in [0.05, 0.1) is 25.4 Å². The van der Waals surface area contributed by atoms with Crippen LogP contribution in [0.3, 0.4) is 0 Å². The van der Waals surface area contributed by atoms with E-state index in [1.54, 1.807) is 26.6 Å². The normalized spacial score (nSPS) is 17.1. The first-order valence-electron chi connectivity index (χ1n) is 13.5. The van der Waals surface area contributed by atoms with Crippen LogP contribution < -0.4 is 31.6 Å². The maximum Gasteiger partial charge on any atom is 0.333 e. The van der Waals surface area contributed by atoms with Crippen LogP contribution in [0.4, 0.5) is 17.5 Å². The van der Waals surface area contributed by atoms with Gasteiger partial charge in [0.1, 0.15) is 5.82 Å². The number of aliphatic carboxylic acids is 1. The summed E-state index contributed by atoms with van der Waals surface area (Å²) in [6, 6.07) is 9.44. The molecule has 2 atom stereocenters. The number of rotatable bonds is 7. The van der Waals surface area contributed by atoms with Crippen molar-refractivity contribution in [3.05, 3.63) is 76.1 Å². The molecule has 11 nitrogen and oxygen atoms in total. The molecular weight excluding hydrogens is 572 g/mol. The number of nitrogens with one attached hydrogen (secondary N) is 2. The molecular formula is C31H33ClN6O5. The molecule has 2 aromatic carbocycles. The number of piperidine rings is 1. The van der Waals surface area contributed by atoms with Gasteiger partial charge < -0.3 is 36.7 Å². The van der Waals surface area contributed by atoms with Crippen molar-refractivity contribution in [3.8, 4) is 23.3 Å². The smallest absolute Gasteiger partial charge is 0.333 e. The SMILES string of the molecule is COc1cc(Cc2cnc(N)nc2N)cc(C#Cc2ccc3c(c2)NC=C(C(=O)O)C3CC2CCNC(=O)C2)c1OC.Cl. The van der Waals surface area contributed by atoms with Crippen LogP contribution in [0, 0.1) is 17.8 Å². The lowest BCUT2D eigenvalue weighted by Gasteiger charge is -2.30. The average molecular weight is 605 g/mol. The summed E-state index contributed by atoms with van der Waals surface area (Å²) in [5, 5.41) is 15.8. The van der Waals surface area contributed by atoms with Gasteiger partial charge in [0, 0.05) is 54.5 Å². The number of methoxy groups -OCH3 is 2. The van der Waals surface area contributed by atoms with E-state index in [1.165, 1.54) is 0 Å². The molecule has 1 aromatic heterocycles. The zero-order valence-electron chi connectivity index (χ0n) is 23.8. The summed E-state index contributed by atoms with van der Waals surface area (Å²) < 4.78 is 11.2. The number of hydrogen-bond donors (Lipinski definition) is 5. The number of aromatic nitrogens is 2. The predicted octanol–water partition coefficient (Wildman–Crippen LogP) is 3.46. The van der Waals surface area contributed by atoms with Crippen molar-refractivity contribution in [3.63, 3.8) is 0 Å². The predicted molar refractivity (Wildman–Crippen MR) is 165 cm³/mol. The van der Waals surface area contributed by atoms with Crippen molar-refractivity contribution >= 4 is 41.7 Å². The van der Waals surface area contributed by atoms with Gasteiger partial charge in [-0.1, -0.05) is 17.9 Å². The van der Waals surface area contributed by atoms with Crippen molar-refractivity contribution in [2.24, 2.45) is 5.92 Å². The van der Waals surface area contributed by atoms with E-state index in [0.717, 1.165) is 28.8 Å². The van der Waals surface area contributed by atoms with E-state index in [0.29, 0.717) is 54.3 Å². The summed E-state index contributed by atoms with van der Waals surface area (Å²) >= 11 is 0. The van der Waals surface area contributed by atoms with Gasteiger partial charge in [-0.05, 0) is 54.2 Å². The van der Waals surface area contributed by atoms with Crippen LogP contribution in [0.15, 0.2) is 48.3 Å². The molecule has 1 amide bonds. The van der Waals surface area contributed by atoms with Gasteiger partial charge in [-0.3, -0.25) is 4.79 Å². The lowest BCUT2D eigenvalue weighted by Crippen LogP contribution is -2.34. The van der Waals surface area contributed by atoms with Crippen LogP contribution in [0.2, 0.25) is 0 Å². The summed E-state index contributed by atoms with van der Waals surface area (Å²) in [7, 11) is 3.11. The Labute approximate surface area is 255 Å². The molecule has 0 saturated carbocycles. The third kappa shape index (κ3) is 6.93. The van der Waals surface area contributed by atoms with Gasteiger partial charge in [-0.25, -0.2) is 9.78 Å². The number of fused-ring (bicyclic) bond motifs is 1. The summed E-state index contributed by atoms with van der Waals surface area (Å²) in [6.07, 6.45) is 5.38. The number of carbonyl (C=O) groups excluding carboxylic acids is 1. The van der Waals surface area contributed by atoms with Crippen LogP contribution in [0.5, 0.6) is 11.5 Å². The Kier molecular flexibility index (Phi) is 9.63. The summed E-state index contributed by atoms with van der Waals surface area (Å²) in [4.78, 5) is 32.1. The number of amides is 1. The van der Waals surface area contributed by atoms with Crippen LogP contribution in [0.1, 0.15) is 53.0 Å². The minimum absolute atomic E-state index is 0. The Hall–Kier alpha value is -4.95. The van der Waals surface area contributed by atoms with Crippen molar-refractivity contribution in [2.45, 2.75) is 31.6 Å². The molecule has 5 rings (SSSR count). The van der Waals surface area contributed by atoms with Crippen molar-refractivity contribution < 1.29 is 24.2 Å². The number of nitrogen functional groups attached to an aromatic ring is 2. The maximum atomic E-state index is 12.0. The Bertz CT molecular complexity index is 1650. The Balaban J connectivity index is 0.00000423. The van der Waals surface area contributed by atoms with E-state index in [9.17, 15) is 14.7 Å². The first-order valence-corrected chi connectivity index (χ1v) is 13.5. The Morgan fingerprint density at radius 1 is 1.16 bits per heavy atom. The first kappa shape index (κ1) is 31.0. The minimum Gasteiger partial charge on any atom is -0.493 e. The lowest BCUT2D eigenvalue weighted by atomic mass is 9.78. The highest BCUT2D eigenvalue weighted by Crippen LogP contribution is 2.41. The van der Waals surface area contributed by atoms with Gasteiger partial charge >= 0.3 is 5.97 Å². The fraction of sp³-hybridized carbons (Fsp3) is 0.290. The third-order valence-corrected chi connectivity index (χ3v) is 7.54. The fourth-order valence-corrected chi connectivity index (χ4v) is 5.48. The monoisotopic (exact) mass is 604 g/mol. The van der Waals surface area contributed by atoms with Gasteiger partial charge in [0.2, 0.25) is 11.9 Å². The second kappa shape index (κ2) is 13.4. The minimum atomic E-state index is -0.976. The first-order chi connectivity index (χ1) is 20.2. The summed E-state index contributed by atoms with van der Waals surface area (Å²) in [6.45, 7) is 0.610. The molecule has 2 unspecified atom stereocenters. The molecule has 0 bridgehead atoms. The highest BCUT2D eigenvalue weighted by molar-refractivity contribution is 5.91. The molecule has 0 radical (unpaired) electrons. The molecule has 2 aliphatic heterocycles. The number of nitrogens with zero attached hydrogens (tertiary/aromatic N) is 2. The fourth-order valence-electron chi connectivity index (χ4n) is 5.48. The molecule has 3 heterocycles. The number of nitrogens with two attached hydrogens (primary N) is 2. The quantitative estimate of drug-likeness (QED) is 0.251. The molecule has 3 aromatic rings. The molecule has 0 spiro atoms. The van der Waals surface area contributed by atoms with E-state index in [4.69, 9.17) is 20.9 Å². The van der Waals surface area contributed by atoms with E-state index < -0.39 is 5.97 Å².